The number of sulfonamides is 1. The summed E-state index contributed by atoms with van der Waals surface area (Å²) in [6, 6.07) is 0. The van der Waals surface area contributed by atoms with Gasteiger partial charge in [-0.3, -0.25) is 9.52 Å². The lowest BCUT2D eigenvalue weighted by Gasteiger charge is -2.15. The fraction of sp³-hybridized carbons (Fsp3) is 0.667. The number of aliphatic carboxylic acids is 1. The molecule has 0 aromatic carbocycles. The molecule has 23 heavy (non-hydrogen) atoms. The third kappa shape index (κ3) is 4.22. The van der Waals surface area contributed by atoms with Crippen molar-refractivity contribution in [3.05, 3.63) is 12.7 Å². The van der Waals surface area contributed by atoms with Crippen molar-refractivity contribution in [2.75, 3.05) is 0 Å². The third-order valence-electron chi connectivity index (χ3n) is 3.84. The SMILES string of the molecule is C=CC1CC1(N)C(=O)NS(=O)(=O)C1(C)CC1.O=C(O)C(F)(F)F. The zero-order valence-electron chi connectivity index (χ0n) is 12.2. The van der Waals surface area contributed by atoms with Crippen LogP contribution in [0.25, 0.3) is 0 Å². The van der Waals surface area contributed by atoms with E-state index in [1.165, 1.54) is 0 Å². The molecule has 0 aliphatic heterocycles. The van der Waals surface area contributed by atoms with E-state index in [1.54, 1.807) is 13.0 Å². The van der Waals surface area contributed by atoms with E-state index in [0.29, 0.717) is 19.3 Å². The van der Waals surface area contributed by atoms with Crippen LogP contribution in [-0.4, -0.2) is 41.9 Å². The number of carbonyl (C=O) groups excluding carboxylic acids is 1. The Kier molecular flexibility index (Phi) is 4.88. The van der Waals surface area contributed by atoms with Crippen molar-refractivity contribution in [1.29, 1.82) is 0 Å². The Balaban J connectivity index is 0.000000322. The summed E-state index contributed by atoms with van der Waals surface area (Å²) in [4.78, 5) is 20.6. The number of hydrogen-bond acceptors (Lipinski definition) is 5. The monoisotopic (exact) mass is 358 g/mol. The summed E-state index contributed by atoms with van der Waals surface area (Å²) >= 11 is 0. The lowest BCUT2D eigenvalue weighted by atomic mass is 10.2. The van der Waals surface area contributed by atoms with Crippen LogP contribution in [0.4, 0.5) is 13.2 Å². The molecule has 0 radical (unpaired) electrons. The molecule has 2 rings (SSSR count). The Bertz CT molecular complexity index is 627. The van der Waals surface area contributed by atoms with Gasteiger partial charge in [0.15, 0.2) is 0 Å². The number of rotatable bonds is 4. The van der Waals surface area contributed by atoms with Crippen molar-refractivity contribution in [2.24, 2.45) is 11.7 Å². The van der Waals surface area contributed by atoms with E-state index in [2.05, 4.69) is 11.3 Å². The minimum absolute atomic E-state index is 0.116. The van der Waals surface area contributed by atoms with Crippen LogP contribution in [-0.2, 0) is 19.6 Å². The first-order valence-electron chi connectivity index (χ1n) is 6.48. The van der Waals surface area contributed by atoms with Gasteiger partial charge in [-0.05, 0) is 26.2 Å². The molecule has 0 spiro atoms. The van der Waals surface area contributed by atoms with Crippen molar-refractivity contribution in [1.82, 2.24) is 4.72 Å². The maximum Gasteiger partial charge on any atom is 0.490 e. The van der Waals surface area contributed by atoms with Crippen LogP contribution in [0.1, 0.15) is 26.2 Å². The van der Waals surface area contributed by atoms with Crippen molar-refractivity contribution in [3.8, 4) is 0 Å². The van der Waals surface area contributed by atoms with Crippen LogP contribution in [0.5, 0.6) is 0 Å². The number of halogens is 3. The highest BCUT2D eigenvalue weighted by Gasteiger charge is 2.58. The van der Waals surface area contributed by atoms with Crippen molar-refractivity contribution in [3.63, 3.8) is 0 Å². The average molecular weight is 358 g/mol. The summed E-state index contributed by atoms with van der Waals surface area (Å²) in [6.45, 7) is 5.18. The zero-order chi connectivity index (χ0) is 18.3. The Hall–Kier alpha value is -1.62. The Morgan fingerprint density at radius 3 is 2.09 bits per heavy atom. The van der Waals surface area contributed by atoms with Crippen LogP contribution >= 0.6 is 0 Å². The molecule has 2 aliphatic carbocycles. The highest BCUT2D eigenvalue weighted by Crippen LogP contribution is 2.45. The maximum absolute atomic E-state index is 11.8. The van der Waals surface area contributed by atoms with Gasteiger partial charge in [-0.1, -0.05) is 6.08 Å². The quantitative estimate of drug-likeness (QED) is 0.629. The lowest BCUT2D eigenvalue weighted by molar-refractivity contribution is -0.192. The summed E-state index contributed by atoms with van der Waals surface area (Å²) in [7, 11) is -3.57. The minimum Gasteiger partial charge on any atom is -0.475 e. The summed E-state index contributed by atoms with van der Waals surface area (Å²) in [5.74, 6) is -3.48. The second-order valence-corrected chi connectivity index (χ2v) is 7.97. The standard InChI is InChI=1S/C10H16N2O3S.C2HF3O2/c1-3-7-6-10(7,11)8(13)12-16(14,15)9(2)4-5-9;3-2(4,5)1(6)7/h3,7H,1,4-6,11H2,2H3,(H,12,13);(H,6,7). The van der Waals surface area contributed by atoms with E-state index in [1.807, 2.05) is 0 Å². The molecule has 0 heterocycles. The first-order valence-corrected chi connectivity index (χ1v) is 7.96. The van der Waals surface area contributed by atoms with Crippen molar-refractivity contribution < 1.29 is 36.3 Å². The van der Waals surface area contributed by atoms with Gasteiger partial charge < -0.3 is 10.8 Å². The van der Waals surface area contributed by atoms with Crippen LogP contribution in [0.15, 0.2) is 12.7 Å². The van der Waals surface area contributed by atoms with Gasteiger partial charge in [0.2, 0.25) is 10.0 Å². The van der Waals surface area contributed by atoms with E-state index >= 15 is 0 Å². The van der Waals surface area contributed by atoms with E-state index in [9.17, 15) is 26.4 Å². The molecule has 4 N–H and O–H groups in total. The Labute approximate surface area is 130 Å². The van der Waals surface area contributed by atoms with Gasteiger partial charge in [0.25, 0.3) is 5.91 Å². The second-order valence-electron chi connectivity index (χ2n) is 5.77. The van der Waals surface area contributed by atoms with Crippen LogP contribution in [0, 0.1) is 5.92 Å². The van der Waals surface area contributed by atoms with Gasteiger partial charge in [-0.2, -0.15) is 13.2 Å². The predicted octanol–water partition coefficient (Wildman–Crippen LogP) is 0.522. The second kappa shape index (κ2) is 5.78. The first kappa shape index (κ1) is 19.4. The summed E-state index contributed by atoms with van der Waals surface area (Å²) in [6.07, 6.45) is -1.84. The number of nitrogens with one attached hydrogen (secondary N) is 1. The smallest absolute Gasteiger partial charge is 0.475 e. The molecule has 7 nitrogen and oxygen atoms in total. The topological polar surface area (TPSA) is 127 Å². The zero-order valence-corrected chi connectivity index (χ0v) is 13.0. The third-order valence-corrected chi connectivity index (χ3v) is 6.00. The molecule has 2 fully saturated rings. The lowest BCUT2D eigenvalue weighted by Crippen LogP contribution is -2.49. The molecule has 2 aliphatic rings. The normalized spacial score (nSPS) is 28.0. The molecule has 0 aromatic heterocycles. The molecule has 132 valence electrons. The van der Waals surface area contributed by atoms with Gasteiger partial charge in [0.1, 0.15) is 5.54 Å². The predicted molar refractivity (Wildman–Crippen MR) is 73.6 cm³/mol. The maximum atomic E-state index is 11.8. The molecule has 0 bridgehead atoms. The Morgan fingerprint density at radius 2 is 1.83 bits per heavy atom. The van der Waals surface area contributed by atoms with E-state index < -0.39 is 38.4 Å². The molecule has 0 aromatic rings. The minimum atomic E-state index is -5.08. The first-order chi connectivity index (χ1) is 10.2. The highest BCUT2D eigenvalue weighted by molar-refractivity contribution is 7.91. The highest BCUT2D eigenvalue weighted by atomic mass is 32.2. The molecule has 2 saturated carbocycles. The van der Waals surface area contributed by atoms with Crippen LogP contribution in [0.2, 0.25) is 0 Å². The largest absolute Gasteiger partial charge is 0.490 e. The van der Waals surface area contributed by atoms with Crippen molar-refractivity contribution >= 4 is 21.9 Å². The van der Waals surface area contributed by atoms with E-state index in [4.69, 9.17) is 15.6 Å². The van der Waals surface area contributed by atoms with Gasteiger partial charge in [0, 0.05) is 5.92 Å². The molecule has 0 saturated heterocycles. The Morgan fingerprint density at radius 1 is 1.39 bits per heavy atom. The van der Waals surface area contributed by atoms with Gasteiger partial charge in [-0.15, -0.1) is 6.58 Å². The average Bonchev–Trinajstić information content (AvgIpc) is 3.27. The van der Waals surface area contributed by atoms with E-state index in [-0.39, 0.29) is 5.92 Å². The summed E-state index contributed by atoms with van der Waals surface area (Å²) in [5, 5.41) is 7.12. The number of carboxylic acids is 1. The number of carbonyl (C=O) groups is 2. The van der Waals surface area contributed by atoms with Crippen molar-refractivity contribution in [2.45, 2.75) is 42.6 Å². The van der Waals surface area contributed by atoms with Crippen LogP contribution < -0.4 is 10.5 Å². The molecule has 2 unspecified atom stereocenters. The molecule has 1 amide bonds. The molecular formula is C12H17F3N2O5S. The fourth-order valence-electron chi connectivity index (χ4n) is 1.64. The van der Waals surface area contributed by atoms with Gasteiger partial charge >= 0.3 is 12.1 Å². The van der Waals surface area contributed by atoms with E-state index in [0.717, 1.165) is 0 Å². The molecule has 2 atom stereocenters. The van der Waals surface area contributed by atoms with Crippen LogP contribution in [0.3, 0.4) is 0 Å². The van der Waals surface area contributed by atoms with Gasteiger partial charge in [0.05, 0.1) is 4.75 Å². The number of nitrogens with two attached hydrogens (primary N) is 1. The number of carboxylic acid groups (broad SMARTS) is 1. The number of alkyl halides is 3. The molecular weight excluding hydrogens is 341 g/mol. The van der Waals surface area contributed by atoms with Gasteiger partial charge in [-0.25, -0.2) is 13.2 Å². The summed E-state index contributed by atoms with van der Waals surface area (Å²) < 4.78 is 56.6. The number of amides is 1. The number of hydrogen-bond donors (Lipinski definition) is 3. The fourth-order valence-corrected chi connectivity index (χ4v) is 2.96. The molecule has 11 heteroatoms. The summed E-state index contributed by atoms with van der Waals surface area (Å²) in [5.41, 5.74) is 4.70.